The van der Waals surface area contributed by atoms with Crippen LogP contribution in [0.15, 0.2) is 36.5 Å². The molecule has 20 heavy (non-hydrogen) atoms. The number of hydrogen-bond acceptors (Lipinski definition) is 5. The maximum absolute atomic E-state index is 11.1. The second-order valence-corrected chi connectivity index (χ2v) is 3.98. The van der Waals surface area contributed by atoms with Crippen molar-refractivity contribution in [2.24, 2.45) is 0 Å². The number of carbonyl (C=O) groups is 1. The van der Waals surface area contributed by atoms with Crippen LogP contribution in [0.5, 0.6) is 11.5 Å². The van der Waals surface area contributed by atoms with Crippen LogP contribution in [-0.2, 0) is 0 Å². The molecule has 2 aromatic rings. The Morgan fingerprint density at radius 3 is 2.55 bits per heavy atom. The van der Waals surface area contributed by atoms with Crippen molar-refractivity contribution in [2.75, 3.05) is 0 Å². The van der Waals surface area contributed by atoms with Crippen molar-refractivity contribution < 1.29 is 19.6 Å². The first-order valence-electron chi connectivity index (χ1n) is 5.59. The van der Waals surface area contributed by atoms with Gasteiger partial charge in [0.05, 0.1) is 4.92 Å². The summed E-state index contributed by atoms with van der Waals surface area (Å²) in [5.41, 5.74) is 0.461. The number of aryl methyl sites for hydroxylation is 1. The van der Waals surface area contributed by atoms with Gasteiger partial charge in [0, 0.05) is 30.1 Å². The van der Waals surface area contributed by atoms with E-state index < -0.39 is 10.9 Å². The third-order valence-electron chi connectivity index (χ3n) is 2.51. The zero-order valence-electron chi connectivity index (χ0n) is 10.4. The van der Waals surface area contributed by atoms with E-state index in [0.29, 0.717) is 11.4 Å². The molecule has 0 radical (unpaired) electrons. The SMILES string of the molecule is Cc1cc(Oc2ccc([N+](=O)[O-])cc2)c(C(=O)O)cn1. The summed E-state index contributed by atoms with van der Waals surface area (Å²) in [6.07, 6.45) is 1.21. The third kappa shape index (κ3) is 2.89. The molecule has 0 spiro atoms. The Labute approximate surface area is 113 Å². The zero-order valence-corrected chi connectivity index (χ0v) is 10.4. The Hall–Kier alpha value is -2.96. The van der Waals surface area contributed by atoms with Crippen LogP contribution < -0.4 is 4.74 Å². The van der Waals surface area contributed by atoms with Crippen molar-refractivity contribution in [1.29, 1.82) is 0 Å². The first-order valence-corrected chi connectivity index (χ1v) is 5.59. The number of non-ortho nitro benzene ring substituents is 1. The van der Waals surface area contributed by atoms with Gasteiger partial charge in [-0.3, -0.25) is 15.1 Å². The smallest absolute Gasteiger partial charge is 0.341 e. The zero-order chi connectivity index (χ0) is 14.7. The van der Waals surface area contributed by atoms with Crippen molar-refractivity contribution in [1.82, 2.24) is 4.98 Å². The van der Waals surface area contributed by atoms with E-state index in [-0.39, 0.29) is 17.0 Å². The number of rotatable bonds is 4. The Bertz CT molecular complexity index is 667. The fraction of sp³-hybridized carbons (Fsp3) is 0.0769. The molecule has 1 N–H and O–H groups in total. The second-order valence-electron chi connectivity index (χ2n) is 3.98. The second kappa shape index (κ2) is 5.35. The van der Waals surface area contributed by atoms with Gasteiger partial charge in [0.1, 0.15) is 17.1 Å². The molecule has 0 aliphatic carbocycles. The molecule has 1 aromatic heterocycles. The summed E-state index contributed by atoms with van der Waals surface area (Å²) < 4.78 is 5.44. The molecule has 0 atom stereocenters. The molecule has 0 bridgehead atoms. The fourth-order valence-corrected chi connectivity index (χ4v) is 1.54. The van der Waals surface area contributed by atoms with Gasteiger partial charge in [-0.2, -0.15) is 0 Å². The minimum atomic E-state index is -1.16. The number of benzene rings is 1. The number of nitro benzene ring substituents is 1. The predicted octanol–water partition coefficient (Wildman–Crippen LogP) is 2.79. The molecule has 1 heterocycles. The summed E-state index contributed by atoms with van der Waals surface area (Å²) in [6, 6.07) is 6.86. The highest BCUT2D eigenvalue weighted by Crippen LogP contribution is 2.27. The lowest BCUT2D eigenvalue weighted by Gasteiger charge is -2.08. The summed E-state index contributed by atoms with van der Waals surface area (Å²) in [4.78, 5) is 25.0. The standard InChI is InChI=1S/C13H10N2O5/c1-8-6-12(11(7-14-8)13(16)17)20-10-4-2-9(3-5-10)15(18)19/h2-7H,1H3,(H,16,17). The highest BCUT2D eigenvalue weighted by atomic mass is 16.6. The minimum Gasteiger partial charge on any atom is -0.477 e. The van der Waals surface area contributed by atoms with Crippen LogP contribution in [0.2, 0.25) is 0 Å². The fourth-order valence-electron chi connectivity index (χ4n) is 1.54. The summed E-state index contributed by atoms with van der Waals surface area (Å²) in [7, 11) is 0. The highest BCUT2D eigenvalue weighted by molar-refractivity contribution is 5.90. The van der Waals surface area contributed by atoms with Crippen LogP contribution in [0.4, 0.5) is 5.69 Å². The summed E-state index contributed by atoms with van der Waals surface area (Å²) >= 11 is 0. The van der Waals surface area contributed by atoms with Crippen molar-refractivity contribution in [3.8, 4) is 11.5 Å². The number of aromatic nitrogens is 1. The number of nitrogens with zero attached hydrogens (tertiary/aromatic N) is 2. The van der Waals surface area contributed by atoms with E-state index in [1.807, 2.05) is 0 Å². The average molecular weight is 274 g/mol. The van der Waals surface area contributed by atoms with Crippen LogP contribution in [0.25, 0.3) is 0 Å². The molecule has 7 nitrogen and oxygen atoms in total. The lowest BCUT2D eigenvalue weighted by molar-refractivity contribution is -0.384. The maximum Gasteiger partial charge on any atom is 0.341 e. The average Bonchev–Trinajstić information content (AvgIpc) is 2.39. The molecule has 0 fully saturated rings. The molecule has 7 heteroatoms. The Morgan fingerprint density at radius 1 is 1.35 bits per heavy atom. The van der Waals surface area contributed by atoms with Gasteiger partial charge in [-0.15, -0.1) is 0 Å². The molecule has 0 aliphatic heterocycles. The van der Waals surface area contributed by atoms with Crippen LogP contribution in [-0.4, -0.2) is 21.0 Å². The maximum atomic E-state index is 11.1. The van der Waals surface area contributed by atoms with Crippen molar-refractivity contribution >= 4 is 11.7 Å². The van der Waals surface area contributed by atoms with E-state index in [9.17, 15) is 14.9 Å². The van der Waals surface area contributed by atoms with Gasteiger partial charge in [0.15, 0.2) is 0 Å². The third-order valence-corrected chi connectivity index (χ3v) is 2.51. The molecular formula is C13H10N2O5. The first-order chi connectivity index (χ1) is 9.47. The van der Waals surface area contributed by atoms with Gasteiger partial charge in [-0.1, -0.05) is 0 Å². The van der Waals surface area contributed by atoms with Gasteiger partial charge in [-0.05, 0) is 19.1 Å². The Balaban J connectivity index is 2.31. The van der Waals surface area contributed by atoms with Crippen molar-refractivity contribution in [2.45, 2.75) is 6.92 Å². The van der Waals surface area contributed by atoms with E-state index in [4.69, 9.17) is 9.84 Å². The lowest BCUT2D eigenvalue weighted by atomic mass is 10.2. The quantitative estimate of drug-likeness (QED) is 0.679. The molecule has 0 amide bonds. The predicted molar refractivity (Wildman–Crippen MR) is 69.1 cm³/mol. The monoisotopic (exact) mass is 274 g/mol. The number of carboxylic acids is 1. The number of nitro groups is 1. The Morgan fingerprint density at radius 2 is 2.00 bits per heavy atom. The van der Waals surface area contributed by atoms with Gasteiger partial charge in [-0.25, -0.2) is 4.79 Å². The van der Waals surface area contributed by atoms with Crippen LogP contribution in [0.3, 0.4) is 0 Å². The molecule has 0 saturated carbocycles. The summed E-state index contributed by atoms with van der Waals surface area (Å²) in [5.74, 6) is -0.711. The van der Waals surface area contributed by atoms with Crippen molar-refractivity contribution in [3.63, 3.8) is 0 Å². The van der Waals surface area contributed by atoms with E-state index in [1.165, 1.54) is 36.5 Å². The van der Waals surface area contributed by atoms with E-state index in [2.05, 4.69) is 4.98 Å². The Kier molecular flexibility index (Phi) is 3.60. The summed E-state index contributed by atoms with van der Waals surface area (Å²) in [6.45, 7) is 1.70. The highest BCUT2D eigenvalue weighted by Gasteiger charge is 2.13. The van der Waals surface area contributed by atoms with Crippen molar-refractivity contribution in [3.05, 3.63) is 57.9 Å². The number of hydrogen-bond donors (Lipinski definition) is 1. The largest absolute Gasteiger partial charge is 0.477 e. The van der Waals surface area contributed by atoms with Gasteiger partial charge >= 0.3 is 5.97 Å². The molecule has 2 rings (SSSR count). The number of ether oxygens (including phenoxy) is 1. The molecule has 0 unspecified atom stereocenters. The minimum absolute atomic E-state index is 0.0679. The molecule has 1 aromatic carbocycles. The number of pyridine rings is 1. The van der Waals surface area contributed by atoms with Gasteiger partial charge < -0.3 is 9.84 Å². The van der Waals surface area contributed by atoms with Crippen LogP contribution in [0.1, 0.15) is 16.1 Å². The topological polar surface area (TPSA) is 103 Å². The molecule has 102 valence electrons. The molecule has 0 aliphatic rings. The van der Waals surface area contributed by atoms with Crippen LogP contribution >= 0.6 is 0 Å². The summed E-state index contributed by atoms with van der Waals surface area (Å²) in [5, 5.41) is 19.6. The molecular weight excluding hydrogens is 264 g/mol. The van der Waals surface area contributed by atoms with Gasteiger partial charge in [0.25, 0.3) is 5.69 Å². The normalized spacial score (nSPS) is 10.1. The van der Waals surface area contributed by atoms with E-state index in [0.717, 1.165) is 0 Å². The first kappa shape index (κ1) is 13.5. The molecule has 0 saturated heterocycles. The van der Waals surface area contributed by atoms with E-state index >= 15 is 0 Å². The number of carboxylic acid groups (broad SMARTS) is 1. The van der Waals surface area contributed by atoms with Crippen LogP contribution in [0, 0.1) is 17.0 Å². The number of aromatic carboxylic acids is 1. The lowest BCUT2D eigenvalue weighted by Crippen LogP contribution is -2.02. The van der Waals surface area contributed by atoms with E-state index in [1.54, 1.807) is 6.92 Å². The van der Waals surface area contributed by atoms with Gasteiger partial charge in [0.2, 0.25) is 0 Å².